The Kier molecular flexibility index (Phi) is 2.73. The molecule has 2 aromatic heterocycles. The summed E-state index contributed by atoms with van der Waals surface area (Å²) in [6.07, 6.45) is 1.69. The fourth-order valence-electron chi connectivity index (χ4n) is 1.13. The molecule has 0 spiro atoms. The molecule has 0 unspecified atom stereocenters. The first-order valence-electron chi connectivity index (χ1n) is 4.47. The summed E-state index contributed by atoms with van der Waals surface area (Å²) in [6, 6.07) is 0. The van der Waals surface area contributed by atoms with Gasteiger partial charge in [-0.25, -0.2) is 9.97 Å². The van der Waals surface area contributed by atoms with Gasteiger partial charge in [-0.05, 0) is 0 Å². The number of guanidine groups is 1. The standard InChI is InChI=1S/C8H11N7S/c1-11-7-12-2-4(13-7)5-3-16-8(14-5)15-6(9)10/h2-3H,1H3,(H2,11,12,13)(H4,9,10,14,15). The molecule has 6 N–H and O–H groups in total. The molecule has 0 aliphatic carbocycles. The van der Waals surface area contributed by atoms with Gasteiger partial charge in [-0.15, -0.1) is 11.3 Å². The SMILES string of the molecule is CNc1ncc(-c2csc(N=C(N)N)n2)[nH]1. The van der Waals surface area contributed by atoms with Crippen molar-refractivity contribution in [2.45, 2.75) is 0 Å². The van der Waals surface area contributed by atoms with E-state index in [1.165, 1.54) is 11.3 Å². The van der Waals surface area contributed by atoms with Crippen LogP contribution in [0.25, 0.3) is 11.4 Å². The Morgan fingerprint density at radius 2 is 2.38 bits per heavy atom. The van der Waals surface area contributed by atoms with Gasteiger partial charge in [0.2, 0.25) is 5.13 Å². The highest BCUT2D eigenvalue weighted by atomic mass is 32.1. The lowest BCUT2D eigenvalue weighted by Crippen LogP contribution is -2.21. The van der Waals surface area contributed by atoms with Crippen LogP contribution in [0, 0.1) is 0 Å². The van der Waals surface area contributed by atoms with E-state index in [1.54, 1.807) is 13.2 Å². The average Bonchev–Trinajstić information content (AvgIpc) is 2.83. The molecule has 0 saturated heterocycles. The molecule has 0 radical (unpaired) electrons. The summed E-state index contributed by atoms with van der Waals surface area (Å²) in [6.45, 7) is 0. The number of thiazole rings is 1. The minimum Gasteiger partial charge on any atom is -0.370 e. The Hall–Kier alpha value is -2.09. The van der Waals surface area contributed by atoms with Gasteiger partial charge in [0.25, 0.3) is 0 Å². The normalized spacial score (nSPS) is 10.1. The molecule has 0 saturated carbocycles. The third kappa shape index (κ3) is 2.11. The van der Waals surface area contributed by atoms with Crippen LogP contribution >= 0.6 is 11.3 Å². The molecular formula is C8H11N7S. The zero-order chi connectivity index (χ0) is 11.5. The van der Waals surface area contributed by atoms with Gasteiger partial charge in [0, 0.05) is 12.4 Å². The van der Waals surface area contributed by atoms with Gasteiger partial charge in [-0.3, -0.25) is 0 Å². The second kappa shape index (κ2) is 4.19. The van der Waals surface area contributed by atoms with Crippen LogP contribution < -0.4 is 16.8 Å². The van der Waals surface area contributed by atoms with E-state index in [0.717, 1.165) is 11.4 Å². The van der Waals surface area contributed by atoms with E-state index in [9.17, 15) is 0 Å². The number of aliphatic imine (C=N–C) groups is 1. The number of nitrogens with one attached hydrogen (secondary N) is 2. The molecule has 0 bridgehead atoms. The van der Waals surface area contributed by atoms with Crippen LogP contribution in [-0.4, -0.2) is 28.0 Å². The smallest absolute Gasteiger partial charge is 0.212 e. The van der Waals surface area contributed by atoms with Gasteiger partial charge in [0.05, 0.1) is 11.9 Å². The number of hydrogen-bond acceptors (Lipinski definition) is 5. The van der Waals surface area contributed by atoms with E-state index in [-0.39, 0.29) is 5.96 Å². The van der Waals surface area contributed by atoms with Gasteiger partial charge >= 0.3 is 0 Å². The van der Waals surface area contributed by atoms with Crippen molar-refractivity contribution in [3.8, 4) is 11.4 Å². The van der Waals surface area contributed by atoms with Crippen molar-refractivity contribution in [3.63, 3.8) is 0 Å². The summed E-state index contributed by atoms with van der Waals surface area (Å²) in [5.74, 6) is 0.688. The molecule has 2 rings (SSSR count). The molecule has 0 amide bonds. The number of H-pyrrole nitrogens is 1. The fourth-order valence-corrected chi connectivity index (χ4v) is 1.83. The molecule has 0 fully saturated rings. The van der Waals surface area contributed by atoms with Crippen LogP contribution in [0.5, 0.6) is 0 Å². The van der Waals surface area contributed by atoms with Crippen molar-refractivity contribution < 1.29 is 0 Å². The number of nitrogens with two attached hydrogens (primary N) is 2. The topological polar surface area (TPSA) is 118 Å². The number of rotatable bonds is 3. The predicted molar refractivity (Wildman–Crippen MR) is 64.7 cm³/mol. The molecule has 84 valence electrons. The lowest BCUT2D eigenvalue weighted by atomic mass is 10.4. The maximum absolute atomic E-state index is 5.26. The molecule has 2 aromatic rings. The van der Waals surface area contributed by atoms with Crippen LogP contribution in [0.15, 0.2) is 16.6 Å². The second-order valence-corrected chi connectivity index (χ2v) is 3.78. The summed E-state index contributed by atoms with van der Waals surface area (Å²) >= 11 is 1.36. The summed E-state index contributed by atoms with van der Waals surface area (Å²) in [4.78, 5) is 15.3. The van der Waals surface area contributed by atoms with Crippen LogP contribution in [-0.2, 0) is 0 Å². The Morgan fingerprint density at radius 3 is 3.00 bits per heavy atom. The first-order chi connectivity index (χ1) is 7.69. The Labute approximate surface area is 95.6 Å². The molecule has 0 aliphatic heterocycles. The number of imidazole rings is 1. The average molecular weight is 237 g/mol. The van der Waals surface area contributed by atoms with Crippen molar-refractivity contribution in [2.75, 3.05) is 12.4 Å². The number of aromatic amines is 1. The van der Waals surface area contributed by atoms with E-state index in [1.807, 2.05) is 5.38 Å². The molecule has 2 heterocycles. The molecule has 16 heavy (non-hydrogen) atoms. The molecule has 0 aliphatic rings. The van der Waals surface area contributed by atoms with Crippen molar-refractivity contribution in [1.82, 2.24) is 15.0 Å². The minimum absolute atomic E-state index is 0.00132. The number of aromatic nitrogens is 3. The van der Waals surface area contributed by atoms with Crippen molar-refractivity contribution in [3.05, 3.63) is 11.6 Å². The van der Waals surface area contributed by atoms with Crippen LogP contribution in [0.1, 0.15) is 0 Å². The van der Waals surface area contributed by atoms with E-state index >= 15 is 0 Å². The Balaban J connectivity index is 2.27. The van der Waals surface area contributed by atoms with Crippen LogP contribution in [0.4, 0.5) is 11.1 Å². The van der Waals surface area contributed by atoms with E-state index < -0.39 is 0 Å². The predicted octanol–water partition coefficient (Wildman–Crippen LogP) is 0.480. The third-order valence-corrected chi connectivity index (χ3v) is 2.54. The zero-order valence-corrected chi connectivity index (χ0v) is 9.38. The third-order valence-electron chi connectivity index (χ3n) is 1.81. The van der Waals surface area contributed by atoms with Gasteiger partial charge in [0.15, 0.2) is 11.9 Å². The largest absolute Gasteiger partial charge is 0.370 e. The van der Waals surface area contributed by atoms with Crippen molar-refractivity contribution in [2.24, 2.45) is 16.5 Å². The Bertz CT molecular complexity index is 508. The molecule has 7 nitrogen and oxygen atoms in total. The molecule has 0 atom stereocenters. The van der Waals surface area contributed by atoms with Crippen LogP contribution in [0.3, 0.4) is 0 Å². The highest BCUT2D eigenvalue weighted by molar-refractivity contribution is 7.13. The first-order valence-corrected chi connectivity index (χ1v) is 5.35. The maximum atomic E-state index is 5.26. The van der Waals surface area contributed by atoms with Crippen molar-refractivity contribution in [1.29, 1.82) is 0 Å². The first kappa shape index (κ1) is 10.4. The second-order valence-electron chi connectivity index (χ2n) is 2.95. The van der Waals surface area contributed by atoms with E-state index in [2.05, 4.69) is 25.3 Å². The van der Waals surface area contributed by atoms with Gasteiger partial charge in [0.1, 0.15) is 5.69 Å². The molecule has 0 aromatic carbocycles. The Morgan fingerprint density at radius 1 is 1.56 bits per heavy atom. The van der Waals surface area contributed by atoms with E-state index in [0.29, 0.717) is 11.1 Å². The lowest BCUT2D eigenvalue weighted by Gasteiger charge is -1.91. The van der Waals surface area contributed by atoms with Crippen molar-refractivity contribution >= 4 is 28.4 Å². The summed E-state index contributed by atoms with van der Waals surface area (Å²) in [5.41, 5.74) is 12.1. The highest BCUT2D eigenvalue weighted by Gasteiger charge is 2.06. The highest BCUT2D eigenvalue weighted by Crippen LogP contribution is 2.25. The van der Waals surface area contributed by atoms with E-state index in [4.69, 9.17) is 11.5 Å². The molecular weight excluding hydrogens is 226 g/mol. The number of hydrogen-bond donors (Lipinski definition) is 4. The lowest BCUT2D eigenvalue weighted by molar-refractivity contribution is 1.25. The summed E-state index contributed by atoms with van der Waals surface area (Å²) in [7, 11) is 1.79. The van der Waals surface area contributed by atoms with Gasteiger partial charge in [-0.2, -0.15) is 4.99 Å². The quantitative estimate of drug-likeness (QED) is 0.457. The number of anilines is 1. The summed E-state index contributed by atoms with van der Waals surface area (Å²) < 4.78 is 0. The summed E-state index contributed by atoms with van der Waals surface area (Å²) in [5, 5.41) is 5.28. The fraction of sp³-hybridized carbons (Fsp3) is 0.125. The minimum atomic E-state index is 0.00132. The zero-order valence-electron chi connectivity index (χ0n) is 8.56. The van der Waals surface area contributed by atoms with Gasteiger partial charge < -0.3 is 21.8 Å². The number of nitrogens with zero attached hydrogens (tertiary/aromatic N) is 3. The monoisotopic (exact) mass is 237 g/mol. The molecule has 8 heteroatoms. The van der Waals surface area contributed by atoms with Gasteiger partial charge in [-0.1, -0.05) is 0 Å². The maximum Gasteiger partial charge on any atom is 0.212 e. The van der Waals surface area contributed by atoms with Crippen LogP contribution in [0.2, 0.25) is 0 Å².